The summed E-state index contributed by atoms with van der Waals surface area (Å²) in [7, 11) is 0. The van der Waals surface area contributed by atoms with E-state index in [4.69, 9.17) is 0 Å². The van der Waals surface area contributed by atoms with E-state index >= 15 is 0 Å². The molecule has 1 fully saturated rings. The van der Waals surface area contributed by atoms with Crippen molar-refractivity contribution < 1.29 is 4.79 Å². The summed E-state index contributed by atoms with van der Waals surface area (Å²) in [5.41, 5.74) is 3.77. The van der Waals surface area contributed by atoms with Crippen molar-refractivity contribution in [1.29, 1.82) is 0 Å². The van der Waals surface area contributed by atoms with Gasteiger partial charge in [-0.05, 0) is 40.8 Å². The topological polar surface area (TPSA) is 68.1 Å². The summed E-state index contributed by atoms with van der Waals surface area (Å²) in [6.07, 6.45) is 5.55. The third kappa shape index (κ3) is 3.11. The molecule has 6 rings (SSSR count). The van der Waals surface area contributed by atoms with Crippen LogP contribution in [-0.2, 0) is 6.54 Å². The SMILES string of the molecule is O=C(c1cncnc1)N1C[C@@H]2C[C@@H](C1)c1c(-c3ccc4ccccc4c3)ccc(=O)n1C2. The molecule has 0 N–H and O–H groups in total. The van der Waals surface area contributed by atoms with Gasteiger partial charge in [0.25, 0.3) is 11.5 Å². The molecular formula is C26H22N4O2. The Morgan fingerprint density at radius 3 is 2.56 bits per heavy atom. The zero-order valence-corrected chi connectivity index (χ0v) is 17.5. The Bertz CT molecular complexity index is 1400. The van der Waals surface area contributed by atoms with Crippen LogP contribution < -0.4 is 5.56 Å². The Balaban J connectivity index is 1.42. The summed E-state index contributed by atoms with van der Waals surface area (Å²) in [6.45, 7) is 1.88. The first kappa shape index (κ1) is 18.9. The maximum absolute atomic E-state index is 13.1. The van der Waals surface area contributed by atoms with Crippen LogP contribution in [0.2, 0.25) is 0 Å². The number of likely N-dealkylation sites (tertiary alicyclic amines) is 1. The van der Waals surface area contributed by atoms with Crippen molar-refractivity contribution in [3.05, 3.63) is 94.9 Å². The van der Waals surface area contributed by atoms with E-state index in [0.717, 1.165) is 23.2 Å². The largest absolute Gasteiger partial charge is 0.338 e. The molecule has 2 aromatic heterocycles. The third-order valence-electron chi connectivity index (χ3n) is 6.75. The van der Waals surface area contributed by atoms with E-state index in [1.807, 2.05) is 27.7 Å². The number of fused-ring (bicyclic) bond motifs is 5. The Hall–Kier alpha value is -3.80. The third-order valence-corrected chi connectivity index (χ3v) is 6.75. The second kappa shape index (κ2) is 7.41. The maximum atomic E-state index is 13.1. The molecule has 0 radical (unpaired) electrons. The number of hydrogen-bond acceptors (Lipinski definition) is 4. The van der Waals surface area contributed by atoms with Crippen LogP contribution in [0, 0.1) is 5.92 Å². The molecule has 0 saturated carbocycles. The standard InChI is InChI=1S/C26H22N4O2/c31-24-8-7-23(20-6-5-18-3-1-2-4-19(18)10-20)25-21-9-17(14-30(24)25)13-29(15-21)26(32)22-11-27-16-28-12-22/h1-8,10-12,16-17,21H,9,13-15H2/t17-,21-/m0/s1. The number of aromatic nitrogens is 3. The van der Waals surface area contributed by atoms with Gasteiger partial charge in [-0.15, -0.1) is 0 Å². The Morgan fingerprint density at radius 1 is 0.906 bits per heavy atom. The summed E-state index contributed by atoms with van der Waals surface area (Å²) >= 11 is 0. The van der Waals surface area contributed by atoms with Crippen molar-refractivity contribution in [2.75, 3.05) is 13.1 Å². The number of nitrogens with zero attached hydrogens (tertiary/aromatic N) is 4. The highest BCUT2D eigenvalue weighted by Crippen LogP contribution is 2.40. The first-order chi connectivity index (χ1) is 15.7. The lowest BCUT2D eigenvalue weighted by Gasteiger charge is -2.43. The summed E-state index contributed by atoms with van der Waals surface area (Å²) < 4.78 is 1.94. The van der Waals surface area contributed by atoms with Gasteiger partial charge in [-0.3, -0.25) is 9.59 Å². The molecule has 158 valence electrons. The first-order valence-electron chi connectivity index (χ1n) is 10.9. The lowest BCUT2D eigenvalue weighted by atomic mass is 9.80. The first-order valence-corrected chi connectivity index (χ1v) is 10.9. The molecule has 0 aliphatic carbocycles. The molecule has 1 saturated heterocycles. The molecule has 0 spiro atoms. The fourth-order valence-corrected chi connectivity index (χ4v) is 5.37. The van der Waals surface area contributed by atoms with Gasteiger partial charge in [-0.2, -0.15) is 0 Å². The van der Waals surface area contributed by atoms with Crippen LogP contribution >= 0.6 is 0 Å². The van der Waals surface area contributed by atoms with Gasteiger partial charge in [-0.25, -0.2) is 9.97 Å². The van der Waals surface area contributed by atoms with Crippen molar-refractivity contribution in [1.82, 2.24) is 19.4 Å². The molecule has 2 atom stereocenters. The molecule has 32 heavy (non-hydrogen) atoms. The molecule has 2 aliphatic heterocycles. The monoisotopic (exact) mass is 422 g/mol. The van der Waals surface area contributed by atoms with E-state index in [2.05, 4.69) is 40.3 Å². The van der Waals surface area contributed by atoms with Gasteiger partial charge in [0.1, 0.15) is 6.33 Å². The number of carbonyl (C=O) groups excluding carboxylic acids is 1. The molecule has 4 heterocycles. The number of benzene rings is 2. The molecule has 4 aromatic rings. The minimum absolute atomic E-state index is 0.0375. The van der Waals surface area contributed by atoms with Gasteiger partial charge < -0.3 is 9.47 Å². The van der Waals surface area contributed by atoms with Gasteiger partial charge in [0, 0.05) is 55.3 Å². The van der Waals surface area contributed by atoms with Crippen molar-refractivity contribution in [2.45, 2.75) is 18.9 Å². The predicted octanol–water partition coefficient (Wildman–Crippen LogP) is 3.72. The lowest BCUT2D eigenvalue weighted by Crippen LogP contribution is -2.49. The second-order valence-corrected chi connectivity index (χ2v) is 8.78. The molecular weight excluding hydrogens is 400 g/mol. The van der Waals surface area contributed by atoms with E-state index in [-0.39, 0.29) is 23.3 Å². The fourth-order valence-electron chi connectivity index (χ4n) is 5.37. The maximum Gasteiger partial charge on any atom is 0.257 e. The van der Waals surface area contributed by atoms with Crippen LogP contribution in [0.4, 0.5) is 0 Å². The summed E-state index contributed by atoms with van der Waals surface area (Å²) in [5, 5.41) is 2.37. The quantitative estimate of drug-likeness (QED) is 0.494. The second-order valence-electron chi connectivity index (χ2n) is 8.78. The molecule has 2 bridgehead atoms. The molecule has 6 nitrogen and oxygen atoms in total. The Morgan fingerprint density at radius 2 is 1.72 bits per heavy atom. The van der Waals surface area contributed by atoms with Gasteiger partial charge in [0.05, 0.1) is 5.56 Å². The smallest absolute Gasteiger partial charge is 0.257 e. The van der Waals surface area contributed by atoms with Crippen LogP contribution in [0.15, 0.2) is 78.1 Å². The zero-order chi connectivity index (χ0) is 21.7. The minimum atomic E-state index is -0.0423. The van der Waals surface area contributed by atoms with Crippen molar-refractivity contribution in [2.24, 2.45) is 5.92 Å². The summed E-state index contributed by atoms with van der Waals surface area (Å²) in [4.78, 5) is 35.8. The number of piperidine rings is 1. The van der Waals surface area contributed by atoms with Crippen molar-refractivity contribution >= 4 is 16.7 Å². The molecule has 1 amide bonds. The van der Waals surface area contributed by atoms with Crippen LogP contribution in [0.3, 0.4) is 0 Å². The molecule has 6 heteroatoms. The van der Waals surface area contributed by atoms with Crippen LogP contribution in [-0.4, -0.2) is 38.4 Å². The zero-order valence-electron chi connectivity index (χ0n) is 17.5. The van der Waals surface area contributed by atoms with Gasteiger partial charge in [-0.1, -0.05) is 36.4 Å². The van der Waals surface area contributed by atoms with Gasteiger partial charge in [0.15, 0.2) is 0 Å². The highest BCUT2D eigenvalue weighted by atomic mass is 16.2. The van der Waals surface area contributed by atoms with Gasteiger partial charge >= 0.3 is 0 Å². The number of carbonyl (C=O) groups is 1. The van der Waals surface area contributed by atoms with E-state index < -0.39 is 0 Å². The number of amides is 1. The lowest BCUT2D eigenvalue weighted by molar-refractivity contribution is 0.0594. The number of rotatable bonds is 2. The van der Waals surface area contributed by atoms with Crippen LogP contribution in [0.1, 0.15) is 28.4 Å². The minimum Gasteiger partial charge on any atom is -0.338 e. The summed E-state index contributed by atoms with van der Waals surface area (Å²) in [6, 6.07) is 18.4. The normalized spacial score (nSPS) is 19.6. The highest BCUT2D eigenvalue weighted by molar-refractivity contribution is 5.93. The van der Waals surface area contributed by atoms with E-state index in [1.165, 1.54) is 17.1 Å². The number of hydrogen-bond donors (Lipinski definition) is 0. The fraction of sp³-hybridized carbons (Fsp3) is 0.231. The molecule has 0 unspecified atom stereocenters. The molecule has 2 aliphatic rings. The van der Waals surface area contributed by atoms with E-state index in [9.17, 15) is 9.59 Å². The van der Waals surface area contributed by atoms with Gasteiger partial charge in [0.2, 0.25) is 0 Å². The van der Waals surface area contributed by atoms with Crippen molar-refractivity contribution in [3.63, 3.8) is 0 Å². The Labute approximate surface area is 185 Å². The number of pyridine rings is 1. The van der Waals surface area contributed by atoms with Crippen LogP contribution in [0.5, 0.6) is 0 Å². The summed E-state index contributed by atoms with van der Waals surface area (Å²) in [5.74, 6) is 0.338. The Kier molecular flexibility index (Phi) is 4.38. The average Bonchev–Trinajstić information content (AvgIpc) is 2.84. The van der Waals surface area contributed by atoms with E-state index in [1.54, 1.807) is 18.5 Å². The highest BCUT2D eigenvalue weighted by Gasteiger charge is 2.38. The van der Waals surface area contributed by atoms with Crippen molar-refractivity contribution in [3.8, 4) is 11.1 Å². The molecule has 2 aromatic carbocycles. The van der Waals surface area contributed by atoms with E-state index in [0.29, 0.717) is 25.2 Å². The predicted molar refractivity (Wildman–Crippen MR) is 122 cm³/mol. The average molecular weight is 422 g/mol. The van der Waals surface area contributed by atoms with Crippen LogP contribution in [0.25, 0.3) is 21.9 Å².